The third kappa shape index (κ3) is 6.38. The Morgan fingerprint density at radius 3 is 2.60 bits per heavy atom. The molecule has 2 N–H and O–H groups in total. The first-order valence-corrected chi connectivity index (χ1v) is 9.77. The number of carbonyl (C=O) groups is 1. The number of nitrogens with one attached hydrogen (secondary N) is 2. The van der Waals surface area contributed by atoms with E-state index < -0.39 is 0 Å². The Labute approximate surface area is 152 Å². The van der Waals surface area contributed by atoms with Crippen molar-refractivity contribution in [3.05, 3.63) is 0 Å². The van der Waals surface area contributed by atoms with Crippen LogP contribution < -0.4 is 10.6 Å². The van der Waals surface area contributed by atoms with E-state index in [1.54, 1.807) is 4.90 Å². The number of hydrogen-bond acceptors (Lipinski definition) is 4. The molecule has 2 aliphatic rings. The Balaban J connectivity index is 1.69. The summed E-state index contributed by atoms with van der Waals surface area (Å²) < 4.78 is 5.07. The van der Waals surface area contributed by atoms with Gasteiger partial charge in [0.05, 0.1) is 6.61 Å². The van der Waals surface area contributed by atoms with Crippen LogP contribution in [-0.2, 0) is 4.74 Å². The quantitative estimate of drug-likeness (QED) is 0.579. The van der Waals surface area contributed by atoms with Gasteiger partial charge in [0.25, 0.3) is 0 Å². The predicted octanol–water partition coefficient (Wildman–Crippen LogP) is 1.50. The van der Waals surface area contributed by atoms with Crippen LogP contribution in [-0.4, -0.2) is 80.8 Å². The number of rotatable bonds is 5. The minimum absolute atomic E-state index is 0.193. The molecule has 2 saturated heterocycles. The van der Waals surface area contributed by atoms with Crippen molar-refractivity contribution in [1.82, 2.24) is 20.4 Å². The number of piperidine rings is 2. The van der Waals surface area contributed by atoms with Gasteiger partial charge in [0.2, 0.25) is 0 Å². The summed E-state index contributed by atoms with van der Waals surface area (Å²) in [6.07, 6.45) is 4.23. The number of amides is 1. The van der Waals surface area contributed by atoms with E-state index in [2.05, 4.69) is 27.4 Å². The van der Waals surface area contributed by atoms with Gasteiger partial charge in [-0.3, -0.25) is 4.99 Å². The molecular weight excluding hydrogens is 318 g/mol. The number of guanidine groups is 1. The lowest BCUT2D eigenvalue weighted by atomic mass is 9.98. The molecule has 0 bridgehead atoms. The second kappa shape index (κ2) is 10.5. The van der Waals surface area contributed by atoms with Crippen LogP contribution in [0.5, 0.6) is 0 Å². The van der Waals surface area contributed by atoms with Crippen molar-refractivity contribution in [2.75, 3.05) is 52.9 Å². The third-order valence-electron chi connectivity index (χ3n) is 5.19. The zero-order valence-corrected chi connectivity index (χ0v) is 16.1. The largest absolute Gasteiger partial charge is 0.450 e. The number of hydrogen-bond donors (Lipinski definition) is 2. The number of likely N-dealkylation sites (tertiary alicyclic amines) is 2. The molecule has 2 heterocycles. The normalized spacial score (nSPS) is 23.4. The van der Waals surface area contributed by atoms with E-state index in [0.717, 1.165) is 45.0 Å². The average molecular weight is 354 g/mol. The van der Waals surface area contributed by atoms with Crippen molar-refractivity contribution in [2.45, 2.75) is 45.6 Å². The molecule has 0 saturated carbocycles. The molecule has 0 aromatic heterocycles. The molecule has 1 amide bonds. The fourth-order valence-corrected chi connectivity index (χ4v) is 3.66. The molecule has 0 aromatic rings. The molecule has 1 atom stereocenters. The van der Waals surface area contributed by atoms with E-state index in [4.69, 9.17) is 4.74 Å². The molecule has 2 aliphatic heterocycles. The van der Waals surface area contributed by atoms with E-state index >= 15 is 0 Å². The van der Waals surface area contributed by atoms with Gasteiger partial charge in [0.15, 0.2) is 5.96 Å². The average Bonchev–Trinajstić information content (AvgIpc) is 2.66. The van der Waals surface area contributed by atoms with Crippen LogP contribution in [0.4, 0.5) is 4.79 Å². The summed E-state index contributed by atoms with van der Waals surface area (Å²) in [6, 6.07) is 0.357. The number of aliphatic imine (C=N–C) groups is 1. The van der Waals surface area contributed by atoms with Gasteiger partial charge >= 0.3 is 6.09 Å². The zero-order valence-electron chi connectivity index (χ0n) is 16.1. The first-order valence-electron chi connectivity index (χ1n) is 9.77. The van der Waals surface area contributed by atoms with Crippen molar-refractivity contribution in [3.63, 3.8) is 0 Å². The van der Waals surface area contributed by atoms with Crippen LogP contribution in [0.25, 0.3) is 0 Å². The van der Waals surface area contributed by atoms with Gasteiger partial charge in [-0.1, -0.05) is 6.92 Å². The smallest absolute Gasteiger partial charge is 0.409 e. The molecule has 0 aliphatic carbocycles. The van der Waals surface area contributed by atoms with E-state index in [-0.39, 0.29) is 6.09 Å². The maximum Gasteiger partial charge on any atom is 0.409 e. The van der Waals surface area contributed by atoms with E-state index in [1.165, 1.54) is 25.9 Å². The van der Waals surface area contributed by atoms with Gasteiger partial charge in [-0.15, -0.1) is 0 Å². The molecule has 2 rings (SSSR count). The van der Waals surface area contributed by atoms with Gasteiger partial charge in [0, 0.05) is 39.3 Å². The minimum atomic E-state index is -0.193. The van der Waals surface area contributed by atoms with Gasteiger partial charge < -0.3 is 25.2 Å². The van der Waals surface area contributed by atoms with Gasteiger partial charge in [-0.25, -0.2) is 4.79 Å². The maximum atomic E-state index is 11.8. The number of ether oxygens (including phenoxy) is 1. The molecule has 0 aromatic carbocycles. The highest BCUT2D eigenvalue weighted by atomic mass is 16.6. The molecule has 0 radical (unpaired) electrons. The van der Waals surface area contributed by atoms with Gasteiger partial charge in [-0.2, -0.15) is 0 Å². The summed E-state index contributed by atoms with van der Waals surface area (Å²) in [5, 5.41) is 7.00. The van der Waals surface area contributed by atoms with E-state index in [0.29, 0.717) is 18.6 Å². The van der Waals surface area contributed by atoms with Crippen molar-refractivity contribution < 1.29 is 9.53 Å². The van der Waals surface area contributed by atoms with Crippen molar-refractivity contribution in [1.29, 1.82) is 0 Å². The highest BCUT2D eigenvalue weighted by Crippen LogP contribution is 2.15. The summed E-state index contributed by atoms with van der Waals surface area (Å²) in [4.78, 5) is 20.4. The van der Waals surface area contributed by atoms with E-state index in [9.17, 15) is 4.79 Å². The Hall–Kier alpha value is -1.50. The fourth-order valence-electron chi connectivity index (χ4n) is 3.66. The lowest BCUT2D eigenvalue weighted by Crippen LogP contribution is -2.51. The molecule has 144 valence electrons. The van der Waals surface area contributed by atoms with Gasteiger partial charge in [-0.05, 0) is 51.6 Å². The van der Waals surface area contributed by atoms with E-state index in [1.807, 2.05) is 14.0 Å². The van der Waals surface area contributed by atoms with Gasteiger partial charge in [0.1, 0.15) is 0 Å². The van der Waals surface area contributed by atoms with Crippen molar-refractivity contribution >= 4 is 12.1 Å². The molecule has 7 heteroatoms. The topological polar surface area (TPSA) is 69.2 Å². The lowest BCUT2D eigenvalue weighted by Gasteiger charge is -2.34. The SMILES string of the molecule is CCOC(=O)N1CCC(NC(=NC)NCC2CCCN(CC)C2)CC1. The van der Waals surface area contributed by atoms with Crippen LogP contribution in [0.3, 0.4) is 0 Å². The Morgan fingerprint density at radius 2 is 1.96 bits per heavy atom. The molecular formula is C18H35N5O2. The Morgan fingerprint density at radius 1 is 1.20 bits per heavy atom. The fraction of sp³-hybridized carbons (Fsp3) is 0.889. The summed E-state index contributed by atoms with van der Waals surface area (Å²) >= 11 is 0. The molecule has 7 nitrogen and oxygen atoms in total. The zero-order chi connectivity index (χ0) is 18.1. The molecule has 2 fully saturated rings. The van der Waals surface area contributed by atoms with Crippen LogP contribution in [0.1, 0.15) is 39.5 Å². The first-order chi connectivity index (χ1) is 12.2. The van der Waals surface area contributed by atoms with Crippen LogP contribution in [0, 0.1) is 5.92 Å². The first kappa shape index (κ1) is 19.8. The second-order valence-electron chi connectivity index (χ2n) is 6.96. The Bertz CT molecular complexity index is 435. The van der Waals surface area contributed by atoms with Crippen LogP contribution >= 0.6 is 0 Å². The summed E-state index contributed by atoms with van der Waals surface area (Å²) in [5.41, 5.74) is 0. The highest BCUT2D eigenvalue weighted by Gasteiger charge is 2.24. The third-order valence-corrected chi connectivity index (χ3v) is 5.19. The lowest BCUT2D eigenvalue weighted by molar-refractivity contribution is 0.0963. The number of nitrogens with zero attached hydrogens (tertiary/aromatic N) is 3. The standard InChI is InChI=1S/C18H35N5O2/c1-4-22-10-6-7-15(14-22)13-20-17(19-3)21-16-8-11-23(12-9-16)18(24)25-5-2/h15-16H,4-14H2,1-3H3,(H2,19,20,21). The van der Waals surface area contributed by atoms with Crippen LogP contribution in [0.15, 0.2) is 4.99 Å². The van der Waals surface area contributed by atoms with Crippen molar-refractivity contribution in [3.8, 4) is 0 Å². The highest BCUT2D eigenvalue weighted by molar-refractivity contribution is 5.80. The number of carbonyl (C=O) groups excluding carboxylic acids is 1. The monoisotopic (exact) mass is 353 g/mol. The Kier molecular flexibility index (Phi) is 8.31. The molecule has 1 unspecified atom stereocenters. The van der Waals surface area contributed by atoms with Crippen LogP contribution in [0.2, 0.25) is 0 Å². The van der Waals surface area contributed by atoms with Crippen molar-refractivity contribution in [2.24, 2.45) is 10.9 Å². The summed E-state index contributed by atoms with van der Waals surface area (Å²) in [7, 11) is 1.82. The second-order valence-corrected chi connectivity index (χ2v) is 6.96. The molecule has 0 spiro atoms. The minimum Gasteiger partial charge on any atom is -0.450 e. The summed E-state index contributed by atoms with van der Waals surface area (Å²) in [5.74, 6) is 1.57. The molecule has 25 heavy (non-hydrogen) atoms. The predicted molar refractivity (Wildman–Crippen MR) is 101 cm³/mol. The summed E-state index contributed by atoms with van der Waals surface area (Å²) in [6.45, 7) is 10.5. The maximum absolute atomic E-state index is 11.8.